The van der Waals surface area contributed by atoms with Gasteiger partial charge in [0.1, 0.15) is 0 Å². The van der Waals surface area contributed by atoms with Crippen LogP contribution in [0.25, 0.3) is 6.08 Å². The molecule has 150 valence electrons. The van der Waals surface area contributed by atoms with Crippen molar-refractivity contribution in [2.24, 2.45) is 0 Å². The Labute approximate surface area is 169 Å². The third kappa shape index (κ3) is 7.44. The van der Waals surface area contributed by atoms with Crippen LogP contribution in [0.1, 0.15) is 30.7 Å². The van der Waals surface area contributed by atoms with Gasteiger partial charge >= 0.3 is 5.97 Å². The van der Waals surface area contributed by atoms with E-state index in [1.54, 1.807) is 23.5 Å². The Hall–Kier alpha value is -2.80. The number of carbonyl (C=O) groups is 2. The quantitative estimate of drug-likeness (QED) is 0.456. The molecule has 0 saturated heterocycles. The molecule has 1 N–H and O–H groups in total. The lowest BCUT2D eigenvalue weighted by molar-refractivity contribution is -0.143. The van der Waals surface area contributed by atoms with Crippen molar-refractivity contribution in [2.45, 2.75) is 26.8 Å². The second-order valence-corrected chi connectivity index (χ2v) is 6.82. The minimum absolute atomic E-state index is 0.317. The fourth-order valence-electron chi connectivity index (χ4n) is 2.23. The number of benzene rings is 1. The first-order chi connectivity index (χ1) is 13.6. The lowest BCUT2D eigenvalue weighted by Gasteiger charge is -2.12. The molecule has 0 saturated carbocycles. The van der Waals surface area contributed by atoms with E-state index in [0.717, 1.165) is 16.9 Å². The van der Waals surface area contributed by atoms with Gasteiger partial charge in [-0.3, -0.25) is 4.79 Å². The van der Waals surface area contributed by atoms with Crippen molar-refractivity contribution in [1.82, 2.24) is 5.32 Å². The van der Waals surface area contributed by atoms with Crippen LogP contribution in [0.15, 0.2) is 41.8 Å². The second-order valence-electron chi connectivity index (χ2n) is 5.78. The van der Waals surface area contributed by atoms with Gasteiger partial charge in [-0.1, -0.05) is 19.1 Å². The summed E-state index contributed by atoms with van der Waals surface area (Å²) in [4.78, 5) is 24.6. The third-order valence-electron chi connectivity index (χ3n) is 3.53. The Morgan fingerprint density at radius 2 is 2.00 bits per heavy atom. The number of carbonyl (C=O) groups excluding carboxylic acids is 2. The average Bonchev–Trinajstić information content (AvgIpc) is 3.22. The van der Waals surface area contributed by atoms with E-state index in [1.807, 2.05) is 43.5 Å². The summed E-state index contributed by atoms with van der Waals surface area (Å²) in [6.45, 7) is 5.16. The van der Waals surface area contributed by atoms with Crippen LogP contribution in [0, 0.1) is 0 Å². The van der Waals surface area contributed by atoms with Crippen LogP contribution in [-0.4, -0.2) is 31.7 Å². The number of nitrogens with one attached hydrogen (secondary N) is 1. The van der Waals surface area contributed by atoms with E-state index < -0.39 is 5.97 Å². The van der Waals surface area contributed by atoms with Crippen LogP contribution >= 0.6 is 11.3 Å². The number of hydrogen-bond acceptors (Lipinski definition) is 6. The molecule has 0 aliphatic rings. The van der Waals surface area contributed by atoms with Gasteiger partial charge in [0.05, 0.1) is 19.8 Å². The second kappa shape index (κ2) is 11.8. The number of thiophene rings is 1. The zero-order valence-electron chi connectivity index (χ0n) is 16.1. The number of ether oxygens (including phenoxy) is 3. The number of rotatable bonds is 11. The van der Waals surface area contributed by atoms with Crippen LogP contribution in [0.2, 0.25) is 0 Å². The van der Waals surface area contributed by atoms with Crippen molar-refractivity contribution in [1.29, 1.82) is 0 Å². The van der Waals surface area contributed by atoms with Crippen LogP contribution in [0.4, 0.5) is 0 Å². The molecule has 0 aliphatic heterocycles. The highest BCUT2D eigenvalue weighted by atomic mass is 32.1. The zero-order chi connectivity index (χ0) is 20.2. The summed E-state index contributed by atoms with van der Waals surface area (Å²) in [6.07, 6.45) is 3.79. The molecule has 1 amide bonds. The molecule has 0 radical (unpaired) electrons. The topological polar surface area (TPSA) is 73.9 Å². The van der Waals surface area contributed by atoms with Gasteiger partial charge in [0, 0.05) is 11.0 Å². The number of amides is 1. The third-order valence-corrected chi connectivity index (χ3v) is 4.40. The largest absolute Gasteiger partial charge is 0.490 e. The molecular weight excluding hydrogens is 378 g/mol. The summed E-state index contributed by atoms with van der Waals surface area (Å²) in [5.41, 5.74) is 0.770. The van der Waals surface area contributed by atoms with E-state index in [-0.39, 0.29) is 12.5 Å². The molecule has 0 bridgehead atoms. The van der Waals surface area contributed by atoms with Crippen LogP contribution in [0.3, 0.4) is 0 Å². The standard InChI is InChI=1S/C21H25NO5S/c1-3-11-26-18-9-7-16(13-19(18)25-4-2)8-10-21(24)27-15-20(23)22-14-17-6-5-12-28-17/h5-10,12-13H,3-4,11,14-15H2,1-2H3,(H,22,23)/b10-8+. The molecule has 0 spiro atoms. The van der Waals surface area contributed by atoms with Crippen molar-refractivity contribution in [2.75, 3.05) is 19.8 Å². The van der Waals surface area contributed by atoms with Crippen LogP contribution in [-0.2, 0) is 20.9 Å². The maximum atomic E-state index is 11.8. The summed E-state index contributed by atoms with van der Waals surface area (Å²) in [7, 11) is 0. The van der Waals surface area contributed by atoms with Gasteiger partial charge in [-0.25, -0.2) is 4.79 Å². The van der Waals surface area contributed by atoms with E-state index in [0.29, 0.717) is 31.3 Å². The van der Waals surface area contributed by atoms with Gasteiger partial charge in [0.15, 0.2) is 18.1 Å². The van der Waals surface area contributed by atoms with Crippen molar-refractivity contribution in [3.8, 4) is 11.5 Å². The molecule has 0 unspecified atom stereocenters. The van der Waals surface area contributed by atoms with Crippen molar-refractivity contribution < 1.29 is 23.8 Å². The van der Waals surface area contributed by atoms with Gasteiger partial charge in [-0.05, 0) is 48.6 Å². The van der Waals surface area contributed by atoms with Crippen molar-refractivity contribution in [3.05, 3.63) is 52.2 Å². The molecular formula is C21H25NO5S. The monoisotopic (exact) mass is 403 g/mol. The molecule has 6 nitrogen and oxygen atoms in total. The summed E-state index contributed by atoms with van der Waals surface area (Å²) in [5.74, 6) is 0.368. The summed E-state index contributed by atoms with van der Waals surface area (Å²) in [5, 5.41) is 4.63. The molecule has 1 aromatic heterocycles. The van der Waals surface area contributed by atoms with Gasteiger partial charge in [-0.15, -0.1) is 11.3 Å². The van der Waals surface area contributed by atoms with Gasteiger partial charge in [-0.2, -0.15) is 0 Å². The molecule has 28 heavy (non-hydrogen) atoms. The first kappa shape index (κ1) is 21.5. The van der Waals surface area contributed by atoms with Gasteiger partial charge in [0.2, 0.25) is 0 Å². The Kier molecular flexibility index (Phi) is 9.07. The van der Waals surface area contributed by atoms with Crippen LogP contribution in [0.5, 0.6) is 11.5 Å². The minimum Gasteiger partial charge on any atom is -0.490 e. The average molecular weight is 404 g/mol. The Morgan fingerprint density at radius 3 is 2.71 bits per heavy atom. The SMILES string of the molecule is CCCOc1ccc(/C=C/C(=O)OCC(=O)NCc2cccs2)cc1OCC. The molecule has 2 aromatic rings. The van der Waals surface area contributed by atoms with E-state index in [1.165, 1.54) is 6.08 Å². The molecule has 0 aliphatic carbocycles. The van der Waals surface area contributed by atoms with Crippen molar-refractivity contribution in [3.63, 3.8) is 0 Å². The maximum Gasteiger partial charge on any atom is 0.331 e. The van der Waals surface area contributed by atoms with Gasteiger partial charge < -0.3 is 19.5 Å². The lowest BCUT2D eigenvalue weighted by Crippen LogP contribution is -2.27. The summed E-state index contributed by atoms with van der Waals surface area (Å²) < 4.78 is 16.2. The fourth-order valence-corrected chi connectivity index (χ4v) is 2.87. The molecule has 1 heterocycles. The van der Waals surface area contributed by atoms with Gasteiger partial charge in [0.25, 0.3) is 5.91 Å². The predicted molar refractivity (Wildman–Crippen MR) is 110 cm³/mol. The summed E-state index contributed by atoms with van der Waals surface area (Å²) >= 11 is 1.55. The molecule has 2 rings (SSSR count). The molecule has 1 aromatic carbocycles. The number of esters is 1. The normalized spacial score (nSPS) is 10.6. The molecule has 0 atom stereocenters. The lowest BCUT2D eigenvalue weighted by atomic mass is 10.2. The molecule has 0 fully saturated rings. The van der Waals surface area contributed by atoms with Crippen molar-refractivity contribution >= 4 is 29.3 Å². The van der Waals surface area contributed by atoms with E-state index in [2.05, 4.69) is 5.32 Å². The predicted octanol–water partition coefficient (Wildman–Crippen LogP) is 3.81. The Morgan fingerprint density at radius 1 is 1.14 bits per heavy atom. The first-order valence-corrected chi connectivity index (χ1v) is 10.0. The smallest absolute Gasteiger partial charge is 0.331 e. The highest BCUT2D eigenvalue weighted by Gasteiger charge is 2.07. The highest BCUT2D eigenvalue weighted by Crippen LogP contribution is 2.29. The summed E-state index contributed by atoms with van der Waals surface area (Å²) in [6, 6.07) is 9.27. The maximum absolute atomic E-state index is 11.8. The van der Waals surface area contributed by atoms with E-state index in [9.17, 15) is 9.59 Å². The zero-order valence-corrected chi connectivity index (χ0v) is 16.9. The number of hydrogen-bond donors (Lipinski definition) is 1. The Bertz CT molecular complexity index is 786. The van der Waals surface area contributed by atoms with E-state index >= 15 is 0 Å². The molecule has 7 heteroatoms. The minimum atomic E-state index is -0.587. The van der Waals surface area contributed by atoms with E-state index in [4.69, 9.17) is 14.2 Å². The fraction of sp³-hybridized carbons (Fsp3) is 0.333. The van der Waals surface area contributed by atoms with Crippen LogP contribution < -0.4 is 14.8 Å². The highest BCUT2D eigenvalue weighted by molar-refractivity contribution is 7.09. The first-order valence-electron chi connectivity index (χ1n) is 9.16. The Balaban J connectivity index is 1.83.